The first kappa shape index (κ1) is 13.5. The van der Waals surface area contributed by atoms with Crippen LogP contribution < -0.4 is 5.32 Å². The SMILES string of the molecule is CC(C)OCCN(C)C(=O)C1CCCCN1. The quantitative estimate of drug-likeness (QED) is 0.763. The highest BCUT2D eigenvalue weighted by atomic mass is 16.5. The van der Waals surface area contributed by atoms with Crippen molar-refractivity contribution in [2.75, 3.05) is 26.7 Å². The number of amides is 1. The van der Waals surface area contributed by atoms with Crippen molar-refractivity contribution in [1.29, 1.82) is 0 Å². The van der Waals surface area contributed by atoms with E-state index < -0.39 is 0 Å². The van der Waals surface area contributed by atoms with E-state index in [9.17, 15) is 4.79 Å². The molecule has 0 bridgehead atoms. The monoisotopic (exact) mass is 228 g/mol. The van der Waals surface area contributed by atoms with Gasteiger partial charge in [-0.05, 0) is 33.2 Å². The molecule has 1 fully saturated rings. The zero-order chi connectivity index (χ0) is 12.0. The lowest BCUT2D eigenvalue weighted by Gasteiger charge is -2.27. The lowest BCUT2D eigenvalue weighted by Crippen LogP contribution is -2.48. The van der Waals surface area contributed by atoms with Crippen molar-refractivity contribution in [3.63, 3.8) is 0 Å². The molecular formula is C12H24N2O2. The summed E-state index contributed by atoms with van der Waals surface area (Å²) in [6.45, 7) is 6.27. The van der Waals surface area contributed by atoms with E-state index in [4.69, 9.17) is 4.74 Å². The molecule has 1 amide bonds. The van der Waals surface area contributed by atoms with Crippen molar-refractivity contribution in [1.82, 2.24) is 10.2 Å². The van der Waals surface area contributed by atoms with Crippen molar-refractivity contribution in [3.05, 3.63) is 0 Å². The Kier molecular flexibility index (Phi) is 5.77. The summed E-state index contributed by atoms with van der Waals surface area (Å²) in [5, 5.41) is 3.27. The highest BCUT2D eigenvalue weighted by molar-refractivity contribution is 5.81. The second-order valence-corrected chi connectivity index (χ2v) is 4.68. The van der Waals surface area contributed by atoms with E-state index in [0.29, 0.717) is 13.2 Å². The molecule has 1 N–H and O–H groups in total. The fourth-order valence-corrected chi connectivity index (χ4v) is 1.86. The van der Waals surface area contributed by atoms with Gasteiger partial charge in [0.2, 0.25) is 5.91 Å². The van der Waals surface area contributed by atoms with E-state index >= 15 is 0 Å². The smallest absolute Gasteiger partial charge is 0.239 e. The number of hydrogen-bond donors (Lipinski definition) is 1. The molecule has 0 aromatic heterocycles. The molecule has 16 heavy (non-hydrogen) atoms. The topological polar surface area (TPSA) is 41.6 Å². The summed E-state index contributed by atoms with van der Waals surface area (Å²) in [6, 6.07) is 0.0257. The normalized spacial score (nSPS) is 21.1. The van der Waals surface area contributed by atoms with Crippen LogP contribution in [-0.4, -0.2) is 49.7 Å². The molecule has 1 heterocycles. The molecule has 4 nitrogen and oxygen atoms in total. The van der Waals surface area contributed by atoms with Crippen LogP contribution in [0.2, 0.25) is 0 Å². The lowest BCUT2D eigenvalue weighted by atomic mass is 10.0. The summed E-state index contributed by atoms with van der Waals surface area (Å²) >= 11 is 0. The maximum absolute atomic E-state index is 12.0. The Hall–Kier alpha value is -0.610. The fourth-order valence-electron chi connectivity index (χ4n) is 1.86. The minimum atomic E-state index is 0.0257. The number of carbonyl (C=O) groups is 1. The van der Waals surface area contributed by atoms with Crippen LogP contribution in [0.5, 0.6) is 0 Å². The summed E-state index contributed by atoms with van der Waals surface area (Å²) in [6.07, 6.45) is 3.54. The molecule has 4 heteroatoms. The summed E-state index contributed by atoms with van der Waals surface area (Å²) in [4.78, 5) is 13.8. The molecule has 1 aliphatic rings. The van der Waals surface area contributed by atoms with E-state index in [1.807, 2.05) is 20.9 Å². The van der Waals surface area contributed by atoms with Gasteiger partial charge in [0.15, 0.2) is 0 Å². The van der Waals surface area contributed by atoms with Gasteiger partial charge in [-0.25, -0.2) is 0 Å². The molecule has 1 atom stereocenters. The molecule has 0 spiro atoms. The lowest BCUT2D eigenvalue weighted by molar-refractivity contribution is -0.133. The summed E-state index contributed by atoms with van der Waals surface area (Å²) in [7, 11) is 1.85. The van der Waals surface area contributed by atoms with Crippen LogP contribution in [0.4, 0.5) is 0 Å². The van der Waals surface area contributed by atoms with Gasteiger partial charge in [-0.15, -0.1) is 0 Å². The van der Waals surface area contributed by atoms with Gasteiger partial charge < -0.3 is 15.0 Å². The maximum atomic E-state index is 12.0. The number of rotatable bonds is 5. The number of hydrogen-bond acceptors (Lipinski definition) is 3. The highest BCUT2D eigenvalue weighted by Gasteiger charge is 2.23. The molecule has 1 rings (SSSR count). The summed E-state index contributed by atoms with van der Waals surface area (Å²) in [5.74, 6) is 0.201. The van der Waals surface area contributed by atoms with Crippen molar-refractivity contribution >= 4 is 5.91 Å². The minimum absolute atomic E-state index is 0.0257. The summed E-state index contributed by atoms with van der Waals surface area (Å²) < 4.78 is 5.44. The number of likely N-dealkylation sites (N-methyl/N-ethyl adjacent to an activating group) is 1. The zero-order valence-electron chi connectivity index (χ0n) is 10.7. The Bertz CT molecular complexity index is 213. The van der Waals surface area contributed by atoms with Gasteiger partial charge in [0.1, 0.15) is 0 Å². The highest BCUT2D eigenvalue weighted by Crippen LogP contribution is 2.09. The maximum Gasteiger partial charge on any atom is 0.239 e. The molecule has 94 valence electrons. The first-order valence-electron chi connectivity index (χ1n) is 6.21. The van der Waals surface area contributed by atoms with Crippen molar-refractivity contribution in [2.24, 2.45) is 0 Å². The van der Waals surface area contributed by atoms with Gasteiger partial charge >= 0.3 is 0 Å². The Morgan fingerprint density at radius 1 is 1.50 bits per heavy atom. The number of nitrogens with zero attached hydrogens (tertiary/aromatic N) is 1. The third-order valence-electron chi connectivity index (χ3n) is 2.86. The Balaban J connectivity index is 2.23. The van der Waals surface area contributed by atoms with Crippen LogP contribution in [0.3, 0.4) is 0 Å². The van der Waals surface area contributed by atoms with E-state index in [0.717, 1.165) is 19.4 Å². The van der Waals surface area contributed by atoms with Crippen LogP contribution in [0, 0.1) is 0 Å². The number of ether oxygens (including phenoxy) is 1. The van der Waals surface area contributed by atoms with Gasteiger partial charge in [-0.3, -0.25) is 4.79 Å². The van der Waals surface area contributed by atoms with E-state index in [1.54, 1.807) is 4.90 Å². The van der Waals surface area contributed by atoms with Gasteiger partial charge in [0.05, 0.1) is 18.8 Å². The molecule has 0 aromatic carbocycles. The van der Waals surface area contributed by atoms with Gasteiger partial charge in [0.25, 0.3) is 0 Å². The molecule has 0 radical (unpaired) electrons. The van der Waals surface area contributed by atoms with Crippen LogP contribution in [0.15, 0.2) is 0 Å². The summed E-state index contributed by atoms with van der Waals surface area (Å²) in [5.41, 5.74) is 0. The molecular weight excluding hydrogens is 204 g/mol. The fraction of sp³-hybridized carbons (Fsp3) is 0.917. The molecule has 1 unspecified atom stereocenters. The van der Waals surface area contributed by atoms with Crippen LogP contribution in [0.1, 0.15) is 33.1 Å². The number of nitrogens with one attached hydrogen (secondary N) is 1. The largest absolute Gasteiger partial charge is 0.377 e. The number of piperidine rings is 1. The zero-order valence-corrected chi connectivity index (χ0v) is 10.7. The predicted octanol–water partition coefficient (Wildman–Crippen LogP) is 1.01. The second kappa shape index (κ2) is 6.86. The van der Waals surface area contributed by atoms with E-state index in [1.165, 1.54) is 6.42 Å². The standard InChI is InChI=1S/C12H24N2O2/c1-10(2)16-9-8-14(3)12(15)11-6-4-5-7-13-11/h10-11,13H,4-9H2,1-3H3. The first-order chi connectivity index (χ1) is 7.61. The second-order valence-electron chi connectivity index (χ2n) is 4.68. The Morgan fingerprint density at radius 2 is 2.25 bits per heavy atom. The molecule has 0 aliphatic carbocycles. The van der Waals surface area contributed by atoms with Crippen LogP contribution in [0.25, 0.3) is 0 Å². The third kappa shape index (κ3) is 4.49. The van der Waals surface area contributed by atoms with Crippen LogP contribution in [-0.2, 0) is 9.53 Å². The molecule has 1 saturated heterocycles. The van der Waals surface area contributed by atoms with Gasteiger partial charge in [0, 0.05) is 13.6 Å². The third-order valence-corrected chi connectivity index (χ3v) is 2.86. The number of carbonyl (C=O) groups excluding carboxylic acids is 1. The average Bonchev–Trinajstić information content (AvgIpc) is 2.28. The van der Waals surface area contributed by atoms with Crippen molar-refractivity contribution < 1.29 is 9.53 Å². The average molecular weight is 228 g/mol. The minimum Gasteiger partial charge on any atom is -0.377 e. The van der Waals surface area contributed by atoms with Crippen molar-refractivity contribution in [2.45, 2.75) is 45.3 Å². The Morgan fingerprint density at radius 3 is 2.81 bits per heavy atom. The van der Waals surface area contributed by atoms with Gasteiger partial charge in [-0.1, -0.05) is 6.42 Å². The predicted molar refractivity (Wildman–Crippen MR) is 64.4 cm³/mol. The van der Waals surface area contributed by atoms with E-state index in [2.05, 4.69) is 5.32 Å². The molecule has 0 saturated carbocycles. The first-order valence-corrected chi connectivity index (χ1v) is 6.21. The Labute approximate surface area is 98.3 Å². The van der Waals surface area contributed by atoms with Crippen LogP contribution >= 0.6 is 0 Å². The van der Waals surface area contributed by atoms with E-state index in [-0.39, 0.29) is 18.1 Å². The molecule has 1 aliphatic heterocycles. The van der Waals surface area contributed by atoms with Crippen molar-refractivity contribution in [3.8, 4) is 0 Å². The van der Waals surface area contributed by atoms with Gasteiger partial charge in [-0.2, -0.15) is 0 Å². The molecule has 0 aromatic rings.